The molecule has 1 aliphatic heterocycles. The second-order valence-electron chi connectivity index (χ2n) is 4.61. The molecule has 0 amide bonds. The van der Waals surface area contributed by atoms with Gasteiger partial charge >= 0.3 is 0 Å². The number of benzene rings is 1. The van der Waals surface area contributed by atoms with E-state index in [0.29, 0.717) is 0 Å². The molecular formula is C13H19NO3. The lowest BCUT2D eigenvalue weighted by molar-refractivity contribution is 0.0300. The lowest BCUT2D eigenvalue weighted by Gasteiger charge is -2.24. The second-order valence-corrected chi connectivity index (χ2v) is 4.61. The Balaban J connectivity index is 2.26. The van der Waals surface area contributed by atoms with E-state index in [9.17, 15) is 10.2 Å². The molecule has 0 unspecified atom stereocenters. The molecule has 0 aliphatic carbocycles. The number of ether oxygens (including phenoxy) is 1. The predicted octanol–water partition coefficient (Wildman–Crippen LogP) is 0.792. The molecule has 1 saturated heterocycles. The van der Waals surface area contributed by atoms with Gasteiger partial charge in [-0.05, 0) is 31.7 Å². The molecule has 4 atom stereocenters. The molecule has 17 heavy (non-hydrogen) atoms. The van der Waals surface area contributed by atoms with Crippen LogP contribution in [0.5, 0.6) is 5.75 Å². The van der Waals surface area contributed by atoms with Gasteiger partial charge in [-0.3, -0.25) is 4.90 Å². The molecule has 4 nitrogen and oxygen atoms in total. The zero-order valence-electron chi connectivity index (χ0n) is 10.4. The van der Waals surface area contributed by atoms with Crippen LogP contribution in [0.1, 0.15) is 18.5 Å². The van der Waals surface area contributed by atoms with Gasteiger partial charge in [-0.25, -0.2) is 0 Å². The monoisotopic (exact) mass is 237 g/mol. The van der Waals surface area contributed by atoms with Crippen LogP contribution in [0, 0.1) is 0 Å². The number of aliphatic hydroxyl groups excluding tert-OH is 2. The molecule has 1 aromatic carbocycles. The molecule has 1 heterocycles. The van der Waals surface area contributed by atoms with E-state index in [2.05, 4.69) is 0 Å². The summed E-state index contributed by atoms with van der Waals surface area (Å²) < 4.78 is 5.10. The Kier molecular flexibility index (Phi) is 3.38. The van der Waals surface area contributed by atoms with Gasteiger partial charge in [0.25, 0.3) is 0 Å². The zero-order chi connectivity index (χ0) is 12.6. The fourth-order valence-corrected chi connectivity index (χ4v) is 2.44. The van der Waals surface area contributed by atoms with Gasteiger partial charge in [-0.15, -0.1) is 0 Å². The molecule has 2 N–H and O–H groups in total. The zero-order valence-corrected chi connectivity index (χ0v) is 10.4. The lowest BCUT2D eigenvalue weighted by Crippen LogP contribution is -2.30. The van der Waals surface area contributed by atoms with Crippen molar-refractivity contribution in [3.63, 3.8) is 0 Å². The summed E-state index contributed by atoms with van der Waals surface area (Å²) in [5.41, 5.74) is 0.990. The topological polar surface area (TPSA) is 52.9 Å². The van der Waals surface area contributed by atoms with E-state index in [0.717, 1.165) is 11.3 Å². The van der Waals surface area contributed by atoms with Gasteiger partial charge in [0.1, 0.15) is 11.9 Å². The highest BCUT2D eigenvalue weighted by Gasteiger charge is 2.43. The van der Waals surface area contributed by atoms with Crippen molar-refractivity contribution in [2.45, 2.75) is 31.2 Å². The molecular weight excluding hydrogens is 218 g/mol. The van der Waals surface area contributed by atoms with E-state index in [-0.39, 0.29) is 12.1 Å². The number of likely N-dealkylation sites (N-methyl/N-ethyl adjacent to an activating group) is 1. The standard InChI is InChI=1S/C13H19NO3/c1-8-12(15)13(16)11(14(8)2)9-4-6-10(17-3)7-5-9/h4-8,11-13,15-16H,1-3H3/t8-,11-,12-,13-/m0/s1. The average molecular weight is 237 g/mol. The van der Waals surface area contributed by atoms with Crippen LogP contribution in [-0.2, 0) is 0 Å². The van der Waals surface area contributed by atoms with Crippen molar-refractivity contribution >= 4 is 0 Å². The summed E-state index contributed by atoms with van der Waals surface area (Å²) in [5.74, 6) is 0.789. The minimum atomic E-state index is -0.747. The van der Waals surface area contributed by atoms with Crippen molar-refractivity contribution in [3.8, 4) is 5.75 Å². The third-order valence-electron chi connectivity index (χ3n) is 3.71. The molecule has 0 spiro atoms. The van der Waals surface area contributed by atoms with Gasteiger partial charge in [0.2, 0.25) is 0 Å². The Hall–Kier alpha value is -1.10. The van der Waals surface area contributed by atoms with Crippen molar-refractivity contribution in [3.05, 3.63) is 29.8 Å². The summed E-state index contributed by atoms with van der Waals surface area (Å²) in [6.45, 7) is 1.91. The Morgan fingerprint density at radius 1 is 1.12 bits per heavy atom. The van der Waals surface area contributed by atoms with Crippen LogP contribution in [-0.4, -0.2) is 47.5 Å². The molecule has 2 rings (SSSR count). The maximum absolute atomic E-state index is 10.1. The number of rotatable bonds is 2. The second kappa shape index (κ2) is 4.64. The first-order valence-electron chi connectivity index (χ1n) is 5.78. The minimum absolute atomic E-state index is 0.0444. The number of methoxy groups -OCH3 is 1. The number of likely N-dealkylation sites (tertiary alicyclic amines) is 1. The molecule has 1 aliphatic rings. The third-order valence-corrected chi connectivity index (χ3v) is 3.71. The van der Waals surface area contributed by atoms with Crippen LogP contribution in [0.2, 0.25) is 0 Å². The Morgan fingerprint density at radius 3 is 2.12 bits per heavy atom. The minimum Gasteiger partial charge on any atom is -0.497 e. The molecule has 0 bridgehead atoms. The summed E-state index contributed by atoms with van der Waals surface area (Å²) in [7, 11) is 3.54. The molecule has 0 saturated carbocycles. The maximum atomic E-state index is 10.1. The number of hydrogen-bond donors (Lipinski definition) is 2. The van der Waals surface area contributed by atoms with E-state index >= 15 is 0 Å². The Labute approximate surface area is 101 Å². The van der Waals surface area contributed by atoms with Gasteiger partial charge in [0.15, 0.2) is 0 Å². The number of hydrogen-bond acceptors (Lipinski definition) is 4. The predicted molar refractivity (Wildman–Crippen MR) is 65.0 cm³/mol. The molecule has 94 valence electrons. The molecule has 0 aromatic heterocycles. The van der Waals surface area contributed by atoms with Gasteiger partial charge in [0.05, 0.1) is 19.3 Å². The van der Waals surface area contributed by atoms with E-state index in [1.165, 1.54) is 0 Å². The Bertz CT molecular complexity index is 365. The first kappa shape index (κ1) is 12.4. The van der Waals surface area contributed by atoms with Crippen LogP contribution >= 0.6 is 0 Å². The third kappa shape index (κ3) is 2.04. The molecule has 4 heteroatoms. The largest absolute Gasteiger partial charge is 0.497 e. The van der Waals surface area contributed by atoms with E-state index < -0.39 is 12.2 Å². The maximum Gasteiger partial charge on any atom is 0.118 e. The number of nitrogens with zero attached hydrogens (tertiary/aromatic N) is 1. The quantitative estimate of drug-likeness (QED) is 0.798. The average Bonchev–Trinajstić information content (AvgIpc) is 2.54. The van der Waals surface area contributed by atoms with Gasteiger partial charge < -0.3 is 14.9 Å². The van der Waals surface area contributed by atoms with Crippen LogP contribution in [0.3, 0.4) is 0 Å². The summed E-state index contributed by atoms with van der Waals surface area (Å²) in [6.07, 6.45) is -1.45. The van der Waals surface area contributed by atoms with Crippen molar-refractivity contribution in [2.75, 3.05) is 14.2 Å². The first-order valence-corrected chi connectivity index (χ1v) is 5.78. The molecule has 1 aromatic rings. The van der Waals surface area contributed by atoms with Crippen molar-refractivity contribution in [1.82, 2.24) is 4.90 Å². The van der Waals surface area contributed by atoms with E-state index in [1.807, 2.05) is 43.1 Å². The van der Waals surface area contributed by atoms with Crippen molar-refractivity contribution in [1.29, 1.82) is 0 Å². The van der Waals surface area contributed by atoms with E-state index in [1.54, 1.807) is 7.11 Å². The van der Waals surface area contributed by atoms with Gasteiger partial charge in [0, 0.05) is 6.04 Å². The van der Waals surface area contributed by atoms with Crippen molar-refractivity contribution < 1.29 is 14.9 Å². The highest BCUT2D eigenvalue weighted by Crippen LogP contribution is 2.35. The summed E-state index contributed by atoms with van der Waals surface area (Å²) in [4.78, 5) is 2.00. The van der Waals surface area contributed by atoms with E-state index in [4.69, 9.17) is 4.74 Å². The smallest absolute Gasteiger partial charge is 0.118 e. The normalized spacial score (nSPS) is 33.9. The Morgan fingerprint density at radius 2 is 1.71 bits per heavy atom. The first-order chi connectivity index (χ1) is 8.06. The van der Waals surface area contributed by atoms with Crippen molar-refractivity contribution in [2.24, 2.45) is 0 Å². The highest BCUT2D eigenvalue weighted by molar-refractivity contribution is 5.31. The van der Waals surface area contributed by atoms with Gasteiger partial charge in [-0.1, -0.05) is 12.1 Å². The van der Waals surface area contributed by atoms with Crippen LogP contribution in [0.15, 0.2) is 24.3 Å². The number of aliphatic hydroxyl groups is 2. The van der Waals surface area contributed by atoms with Gasteiger partial charge in [-0.2, -0.15) is 0 Å². The summed E-state index contributed by atoms with van der Waals surface area (Å²) in [5, 5.41) is 19.9. The molecule has 1 fully saturated rings. The van der Waals surface area contributed by atoms with Crippen LogP contribution in [0.25, 0.3) is 0 Å². The summed E-state index contributed by atoms with van der Waals surface area (Å²) in [6, 6.07) is 7.38. The lowest BCUT2D eigenvalue weighted by atomic mass is 10.0. The fraction of sp³-hybridized carbons (Fsp3) is 0.538. The van der Waals surface area contributed by atoms with Crippen LogP contribution < -0.4 is 4.74 Å². The SMILES string of the molecule is COc1ccc([C@H]2[C@H](O)[C@@H](O)[C@H](C)N2C)cc1. The molecule has 0 radical (unpaired) electrons. The summed E-state index contributed by atoms with van der Waals surface area (Å²) >= 11 is 0. The van der Waals surface area contributed by atoms with Crippen LogP contribution in [0.4, 0.5) is 0 Å². The fourth-order valence-electron chi connectivity index (χ4n) is 2.44. The highest BCUT2D eigenvalue weighted by atomic mass is 16.5.